The van der Waals surface area contributed by atoms with Crippen LogP contribution in [0.4, 0.5) is 17.1 Å². The van der Waals surface area contributed by atoms with Crippen LogP contribution in [0.2, 0.25) is 0 Å². The van der Waals surface area contributed by atoms with E-state index < -0.39 is 6.04 Å². The molecule has 0 aliphatic carbocycles. The number of benzene rings is 2. The van der Waals surface area contributed by atoms with Crippen molar-refractivity contribution in [2.45, 2.75) is 26.8 Å². The van der Waals surface area contributed by atoms with Crippen LogP contribution >= 0.6 is 0 Å². The lowest BCUT2D eigenvalue weighted by Gasteiger charge is -2.31. The van der Waals surface area contributed by atoms with E-state index in [4.69, 9.17) is 23.7 Å². The maximum absolute atomic E-state index is 13.0. The third-order valence-corrected chi connectivity index (χ3v) is 5.42. The second kappa shape index (κ2) is 10.5. The Kier molecular flexibility index (Phi) is 7.29. The van der Waals surface area contributed by atoms with Gasteiger partial charge in [0.2, 0.25) is 12.7 Å². The summed E-state index contributed by atoms with van der Waals surface area (Å²) >= 11 is 0. The summed E-state index contributed by atoms with van der Waals surface area (Å²) in [5.41, 5.74) is 2.28. The van der Waals surface area contributed by atoms with E-state index in [2.05, 4.69) is 15.5 Å². The van der Waals surface area contributed by atoms with Crippen LogP contribution in [0, 0.1) is 0 Å². The Morgan fingerprint density at radius 1 is 1.03 bits per heavy atom. The molecule has 1 saturated heterocycles. The van der Waals surface area contributed by atoms with Gasteiger partial charge in [0.1, 0.15) is 17.5 Å². The number of hydrogen-bond donors (Lipinski definition) is 2. The summed E-state index contributed by atoms with van der Waals surface area (Å²) in [6, 6.07) is 8.76. The number of carbonyl (C=O) groups is 1. The number of morpholine rings is 1. The van der Waals surface area contributed by atoms with Crippen molar-refractivity contribution in [1.29, 1.82) is 0 Å². The number of fused-ring (bicyclic) bond motifs is 1. The van der Waals surface area contributed by atoms with Gasteiger partial charge in [-0.05, 0) is 32.9 Å². The van der Waals surface area contributed by atoms with E-state index in [1.54, 1.807) is 6.92 Å². The molecule has 1 unspecified atom stereocenters. The summed E-state index contributed by atoms with van der Waals surface area (Å²) in [5, 5.41) is 6.20. The van der Waals surface area contributed by atoms with E-state index >= 15 is 0 Å². The van der Waals surface area contributed by atoms with Crippen LogP contribution in [0.25, 0.3) is 0 Å². The fourth-order valence-electron chi connectivity index (χ4n) is 3.79. The first-order chi connectivity index (χ1) is 16.1. The first kappa shape index (κ1) is 22.8. The average Bonchev–Trinajstić information content (AvgIpc) is 3.29. The maximum Gasteiger partial charge on any atom is 0.246 e. The molecule has 9 heteroatoms. The van der Waals surface area contributed by atoms with Crippen LogP contribution in [-0.4, -0.2) is 58.3 Å². The Bertz CT molecular complexity index is 977. The molecule has 0 aromatic heterocycles. The van der Waals surface area contributed by atoms with Crippen molar-refractivity contribution < 1.29 is 28.5 Å². The number of amides is 1. The highest BCUT2D eigenvalue weighted by Crippen LogP contribution is 2.39. The van der Waals surface area contributed by atoms with Crippen LogP contribution in [0.1, 0.15) is 20.8 Å². The summed E-state index contributed by atoms with van der Waals surface area (Å²) in [6.45, 7) is 9.72. The van der Waals surface area contributed by atoms with Crippen molar-refractivity contribution in [1.82, 2.24) is 0 Å². The quantitative estimate of drug-likeness (QED) is 0.592. The smallest absolute Gasteiger partial charge is 0.246 e. The van der Waals surface area contributed by atoms with Crippen LogP contribution in [0.15, 0.2) is 30.3 Å². The molecule has 2 aliphatic rings. The van der Waals surface area contributed by atoms with Crippen LogP contribution in [-0.2, 0) is 9.53 Å². The van der Waals surface area contributed by atoms with Gasteiger partial charge in [-0.1, -0.05) is 0 Å². The van der Waals surface area contributed by atoms with Crippen LogP contribution in [0.5, 0.6) is 23.0 Å². The molecule has 1 fully saturated rings. The summed E-state index contributed by atoms with van der Waals surface area (Å²) < 4.78 is 28.0. The second-order valence-electron chi connectivity index (χ2n) is 7.70. The Labute approximate surface area is 193 Å². The number of nitrogens with one attached hydrogen (secondary N) is 2. The van der Waals surface area contributed by atoms with E-state index in [9.17, 15) is 4.79 Å². The lowest BCUT2D eigenvalue weighted by molar-refractivity contribution is -0.116. The zero-order valence-electron chi connectivity index (χ0n) is 19.3. The van der Waals surface area contributed by atoms with E-state index in [1.807, 2.05) is 44.2 Å². The minimum Gasteiger partial charge on any atom is -0.492 e. The topological polar surface area (TPSA) is 90.5 Å². The maximum atomic E-state index is 13.0. The molecule has 0 bridgehead atoms. The van der Waals surface area contributed by atoms with Gasteiger partial charge in [0.15, 0.2) is 11.5 Å². The average molecular weight is 458 g/mol. The molecule has 33 heavy (non-hydrogen) atoms. The highest BCUT2D eigenvalue weighted by Gasteiger charge is 2.22. The predicted octanol–water partition coefficient (Wildman–Crippen LogP) is 3.49. The third-order valence-electron chi connectivity index (χ3n) is 5.42. The monoisotopic (exact) mass is 457 g/mol. The number of nitrogens with zero attached hydrogens (tertiary/aromatic N) is 1. The summed E-state index contributed by atoms with van der Waals surface area (Å²) in [6.07, 6.45) is 0. The molecule has 9 nitrogen and oxygen atoms in total. The number of ether oxygens (including phenoxy) is 5. The van der Waals surface area contributed by atoms with Gasteiger partial charge >= 0.3 is 0 Å². The molecular weight excluding hydrogens is 426 g/mol. The van der Waals surface area contributed by atoms with Crippen molar-refractivity contribution in [2.75, 3.05) is 61.8 Å². The summed E-state index contributed by atoms with van der Waals surface area (Å²) in [7, 11) is 0. The minimum absolute atomic E-state index is 0.199. The van der Waals surface area contributed by atoms with Crippen LogP contribution in [0.3, 0.4) is 0 Å². The number of rotatable bonds is 9. The van der Waals surface area contributed by atoms with E-state index in [0.717, 1.165) is 24.5 Å². The van der Waals surface area contributed by atoms with Gasteiger partial charge in [0.25, 0.3) is 0 Å². The van der Waals surface area contributed by atoms with E-state index in [1.165, 1.54) is 0 Å². The fraction of sp³-hybridized carbons (Fsp3) is 0.458. The van der Waals surface area contributed by atoms with Gasteiger partial charge in [0.05, 0.1) is 37.8 Å². The Balaban J connectivity index is 1.52. The van der Waals surface area contributed by atoms with Gasteiger partial charge in [-0.25, -0.2) is 0 Å². The van der Waals surface area contributed by atoms with Gasteiger partial charge in [0, 0.05) is 37.0 Å². The lowest BCUT2D eigenvalue weighted by Crippen LogP contribution is -2.36. The van der Waals surface area contributed by atoms with E-state index in [-0.39, 0.29) is 12.7 Å². The highest BCUT2D eigenvalue weighted by atomic mass is 16.7. The third kappa shape index (κ3) is 5.36. The molecule has 2 aromatic rings. The Hall–Kier alpha value is -3.33. The van der Waals surface area contributed by atoms with Gasteiger partial charge < -0.3 is 39.2 Å². The first-order valence-corrected chi connectivity index (χ1v) is 11.3. The lowest BCUT2D eigenvalue weighted by atomic mass is 10.2. The van der Waals surface area contributed by atoms with Crippen molar-refractivity contribution in [3.63, 3.8) is 0 Å². The Morgan fingerprint density at radius 2 is 1.76 bits per heavy atom. The van der Waals surface area contributed by atoms with Gasteiger partial charge in [-0.15, -0.1) is 0 Å². The Morgan fingerprint density at radius 3 is 2.52 bits per heavy atom. The largest absolute Gasteiger partial charge is 0.492 e. The van der Waals surface area contributed by atoms with Crippen molar-refractivity contribution in [3.05, 3.63) is 30.3 Å². The summed E-state index contributed by atoms with van der Waals surface area (Å²) in [4.78, 5) is 15.2. The molecule has 0 spiro atoms. The molecule has 0 radical (unpaired) electrons. The first-order valence-electron chi connectivity index (χ1n) is 11.3. The molecule has 4 rings (SSSR count). The molecule has 2 heterocycles. The normalized spacial score (nSPS) is 15.7. The molecule has 1 amide bonds. The number of anilines is 3. The van der Waals surface area contributed by atoms with Crippen LogP contribution < -0.4 is 34.5 Å². The fourth-order valence-corrected chi connectivity index (χ4v) is 3.79. The highest BCUT2D eigenvalue weighted by molar-refractivity contribution is 5.98. The number of carbonyl (C=O) groups excluding carboxylic acids is 1. The molecule has 0 saturated carbocycles. The molecular formula is C24H31N3O6. The predicted molar refractivity (Wildman–Crippen MR) is 126 cm³/mol. The van der Waals surface area contributed by atoms with Gasteiger partial charge in [-0.3, -0.25) is 4.79 Å². The zero-order chi connectivity index (χ0) is 23.2. The van der Waals surface area contributed by atoms with Crippen molar-refractivity contribution in [2.24, 2.45) is 0 Å². The summed E-state index contributed by atoms with van der Waals surface area (Å²) in [5.74, 6) is 2.46. The standard InChI is InChI=1S/C24H31N3O6/c1-4-30-21-14-19(27-8-10-29-11-9-27)22(31-5-2)13-18(21)26-24(28)16(3)25-17-6-7-20-23(12-17)33-15-32-20/h6-7,12-14,16,25H,4-5,8-11,15H2,1-3H3,(H,26,28). The molecule has 2 aromatic carbocycles. The molecule has 2 aliphatic heterocycles. The second-order valence-corrected chi connectivity index (χ2v) is 7.70. The van der Waals surface area contributed by atoms with Gasteiger partial charge in [-0.2, -0.15) is 0 Å². The molecule has 2 N–H and O–H groups in total. The van der Waals surface area contributed by atoms with E-state index in [0.29, 0.717) is 55.1 Å². The minimum atomic E-state index is -0.505. The van der Waals surface area contributed by atoms with Crippen molar-refractivity contribution >= 4 is 23.0 Å². The number of hydrogen-bond acceptors (Lipinski definition) is 8. The SMILES string of the molecule is CCOc1cc(N2CCOCC2)c(OCC)cc1NC(=O)C(C)Nc1ccc2c(c1)OCO2. The molecule has 1 atom stereocenters. The zero-order valence-corrected chi connectivity index (χ0v) is 19.3. The molecule has 178 valence electrons. The van der Waals surface area contributed by atoms with Crippen molar-refractivity contribution in [3.8, 4) is 23.0 Å².